The molecule has 2 heterocycles. The Hall–Kier alpha value is -2.93. The van der Waals surface area contributed by atoms with Crippen LogP contribution >= 0.6 is 0 Å². The van der Waals surface area contributed by atoms with Crippen LogP contribution in [0.2, 0.25) is 0 Å². The molecule has 0 radical (unpaired) electrons. The SMILES string of the molecule is CCc1cnc(N2CCC(C[OH+]c3ccc(C4=CCC(C(=O)NCCO)CC4)cc3)CC2)nc1. The van der Waals surface area contributed by atoms with Crippen molar-refractivity contribution in [3.63, 3.8) is 0 Å². The van der Waals surface area contributed by atoms with Crippen LogP contribution in [0.1, 0.15) is 50.2 Å². The fraction of sp³-hybridized carbons (Fsp3) is 0.519. The van der Waals surface area contributed by atoms with Crippen LogP contribution in [0.25, 0.3) is 5.57 Å². The molecule has 2 aromatic rings. The normalized spacial score (nSPS) is 18.9. The average Bonchev–Trinajstić information content (AvgIpc) is 2.91. The number of aliphatic hydroxyl groups excluding tert-OH is 1. The number of aryl methyl sites for hydroxylation is 1. The Bertz CT molecular complexity index is 951. The Balaban J connectivity index is 1.21. The molecule has 2 aliphatic rings. The molecule has 0 saturated carbocycles. The molecule has 1 fully saturated rings. The third-order valence-corrected chi connectivity index (χ3v) is 6.96. The lowest BCUT2D eigenvalue weighted by molar-refractivity contribution is -0.125. The molecule has 1 amide bonds. The molecule has 182 valence electrons. The number of aromatic hydroxyl groups is 1. The van der Waals surface area contributed by atoms with Gasteiger partial charge in [-0.25, -0.2) is 9.97 Å². The van der Waals surface area contributed by atoms with Gasteiger partial charge < -0.3 is 20.1 Å². The molecule has 1 aromatic carbocycles. The third kappa shape index (κ3) is 6.35. The van der Waals surface area contributed by atoms with Gasteiger partial charge in [0.05, 0.1) is 6.61 Å². The van der Waals surface area contributed by atoms with E-state index in [-0.39, 0.29) is 18.4 Å². The summed E-state index contributed by atoms with van der Waals surface area (Å²) in [5.74, 6) is 2.53. The van der Waals surface area contributed by atoms with Gasteiger partial charge >= 0.3 is 0 Å². The van der Waals surface area contributed by atoms with Crippen molar-refractivity contribution in [1.29, 1.82) is 0 Å². The molecule has 0 bridgehead atoms. The summed E-state index contributed by atoms with van der Waals surface area (Å²) in [5.41, 5.74) is 3.70. The van der Waals surface area contributed by atoms with E-state index in [4.69, 9.17) is 9.84 Å². The number of allylic oxidation sites excluding steroid dienone is 2. The van der Waals surface area contributed by atoms with Crippen molar-refractivity contribution in [1.82, 2.24) is 15.3 Å². The van der Waals surface area contributed by atoms with Crippen LogP contribution in [0.15, 0.2) is 42.7 Å². The number of amides is 1. The zero-order valence-corrected chi connectivity index (χ0v) is 20.1. The van der Waals surface area contributed by atoms with Gasteiger partial charge in [0.15, 0.2) is 6.61 Å². The van der Waals surface area contributed by atoms with Gasteiger partial charge in [0.1, 0.15) is 0 Å². The fourth-order valence-electron chi connectivity index (χ4n) is 4.68. The van der Waals surface area contributed by atoms with Crippen LogP contribution in [-0.4, -0.2) is 58.6 Å². The predicted octanol–water partition coefficient (Wildman–Crippen LogP) is 3.49. The standard InChI is InChI=1S/C27H36N4O3/c1-2-20-17-29-27(30-18-20)31-14-11-21(12-15-31)19-34-25-9-7-23(8-10-25)22-3-5-24(6-4-22)26(33)28-13-16-32/h3,7-10,17-18,21,24,32H,2,4-6,11-16,19H2,1H3,(H,28,33)/p+1. The number of hydrogen-bond donors (Lipinski definition) is 2. The molecule has 1 aliphatic heterocycles. The van der Waals surface area contributed by atoms with Crippen molar-refractivity contribution in [2.75, 3.05) is 37.7 Å². The second-order valence-electron chi connectivity index (χ2n) is 9.28. The molecule has 4 rings (SSSR count). The Labute approximate surface area is 202 Å². The summed E-state index contributed by atoms with van der Waals surface area (Å²) in [4.78, 5) is 23.4. The molecule has 34 heavy (non-hydrogen) atoms. The first-order valence-electron chi connectivity index (χ1n) is 12.6. The molecular weight excluding hydrogens is 428 g/mol. The second-order valence-corrected chi connectivity index (χ2v) is 9.28. The van der Waals surface area contributed by atoms with Crippen LogP contribution in [-0.2, 0) is 11.2 Å². The van der Waals surface area contributed by atoms with Crippen LogP contribution in [0.5, 0.6) is 5.75 Å². The van der Waals surface area contributed by atoms with Gasteiger partial charge in [-0.3, -0.25) is 4.79 Å². The van der Waals surface area contributed by atoms with Gasteiger partial charge in [0.2, 0.25) is 11.9 Å². The first kappa shape index (κ1) is 24.2. The molecule has 1 saturated heterocycles. The van der Waals surface area contributed by atoms with Crippen molar-refractivity contribution >= 4 is 17.4 Å². The highest BCUT2D eigenvalue weighted by molar-refractivity contribution is 5.80. The van der Waals surface area contributed by atoms with Gasteiger partial charge in [-0.1, -0.05) is 13.0 Å². The quantitative estimate of drug-likeness (QED) is 0.553. The number of nitrogens with one attached hydrogen (secondary N) is 1. The van der Waals surface area contributed by atoms with Crippen molar-refractivity contribution < 1.29 is 14.6 Å². The van der Waals surface area contributed by atoms with E-state index in [9.17, 15) is 4.79 Å². The maximum absolute atomic E-state index is 12.1. The van der Waals surface area contributed by atoms with Gasteiger partial charge in [0.25, 0.3) is 5.75 Å². The van der Waals surface area contributed by atoms with Crippen molar-refractivity contribution in [3.05, 3.63) is 53.9 Å². The summed E-state index contributed by atoms with van der Waals surface area (Å²) >= 11 is 0. The van der Waals surface area contributed by atoms with E-state index in [1.165, 1.54) is 16.7 Å². The summed E-state index contributed by atoms with van der Waals surface area (Å²) in [6, 6.07) is 8.51. The number of anilines is 1. The minimum atomic E-state index is -0.0153. The Morgan fingerprint density at radius 2 is 1.88 bits per heavy atom. The largest absolute Gasteiger partial charge is 0.582 e. The minimum absolute atomic E-state index is 0.0123. The zero-order chi connectivity index (χ0) is 23.8. The number of hydrogen-bond acceptors (Lipinski definition) is 5. The minimum Gasteiger partial charge on any atom is -0.582 e. The number of aliphatic hydroxyl groups is 2. The Morgan fingerprint density at radius 1 is 1.15 bits per heavy atom. The second kappa shape index (κ2) is 12.0. The van der Waals surface area contributed by atoms with E-state index in [0.717, 1.165) is 69.9 Å². The number of nitrogens with zero attached hydrogens (tertiary/aromatic N) is 3. The number of aromatic nitrogens is 2. The van der Waals surface area contributed by atoms with E-state index >= 15 is 0 Å². The zero-order valence-electron chi connectivity index (χ0n) is 20.1. The number of piperidine rings is 1. The highest BCUT2D eigenvalue weighted by atomic mass is 16.5. The maximum atomic E-state index is 12.1. The summed E-state index contributed by atoms with van der Waals surface area (Å²) in [6.07, 6.45) is 11.8. The molecule has 1 atom stereocenters. The molecule has 3 N–H and O–H groups in total. The van der Waals surface area contributed by atoms with Gasteiger partial charge in [-0.2, -0.15) is 0 Å². The molecule has 1 aliphatic carbocycles. The van der Waals surface area contributed by atoms with E-state index in [1.807, 2.05) is 12.4 Å². The number of rotatable bonds is 9. The molecule has 1 unspecified atom stereocenters. The maximum Gasteiger partial charge on any atom is 0.254 e. The van der Waals surface area contributed by atoms with Crippen LogP contribution in [0.3, 0.4) is 0 Å². The van der Waals surface area contributed by atoms with Crippen LogP contribution in [0.4, 0.5) is 5.95 Å². The highest BCUT2D eigenvalue weighted by Crippen LogP contribution is 2.31. The smallest absolute Gasteiger partial charge is 0.254 e. The third-order valence-electron chi connectivity index (χ3n) is 6.96. The number of benzene rings is 1. The van der Waals surface area contributed by atoms with Gasteiger partial charge in [0, 0.05) is 56.0 Å². The number of carbonyl (C=O) groups is 1. The van der Waals surface area contributed by atoms with Gasteiger partial charge in [-0.05, 0) is 67.4 Å². The highest BCUT2D eigenvalue weighted by Gasteiger charge is 2.24. The fourth-order valence-corrected chi connectivity index (χ4v) is 4.68. The van der Waals surface area contributed by atoms with Crippen molar-refractivity contribution in [3.8, 4) is 5.75 Å². The lowest BCUT2D eigenvalue weighted by atomic mass is 9.86. The van der Waals surface area contributed by atoms with Crippen LogP contribution < -0.4 is 10.2 Å². The summed E-state index contributed by atoms with van der Waals surface area (Å²) in [6.45, 7) is 5.26. The molecule has 0 spiro atoms. The predicted molar refractivity (Wildman–Crippen MR) is 135 cm³/mol. The first-order valence-corrected chi connectivity index (χ1v) is 12.6. The van der Waals surface area contributed by atoms with E-state index in [0.29, 0.717) is 12.5 Å². The van der Waals surface area contributed by atoms with E-state index in [1.54, 1.807) is 0 Å². The lowest BCUT2D eigenvalue weighted by Gasteiger charge is -2.30. The molecule has 1 aromatic heterocycles. The molecule has 7 heteroatoms. The molecule has 7 nitrogen and oxygen atoms in total. The Kier molecular flexibility index (Phi) is 8.52. The van der Waals surface area contributed by atoms with Gasteiger partial charge in [-0.15, -0.1) is 0 Å². The van der Waals surface area contributed by atoms with Crippen LogP contribution in [0, 0.1) is 11.8 Å². The van der Waals surface area contributed by atoms with E-state index < -0.39 is 0 Å². The van der Waals surface area contributed by atoms with Crippen molar-refractivity contribution in [2.24, 2.45) is 11.8 Å². The Morgan fingerprint density at radius 3 is 2.50 bits per heavy atom. The summed E-state index contributed by atoms with van der Waals surface area (Å²) in [7, 11) is 0. The number of ether oxygens (including phenoxy) is 1. The molecular formula is C27H37N4O3+. The first-order chi connectivity index (χ1) is 16.7. The monoisotopic (exact) mass is 465 g/mol. The topological polar surface area (TPSA) is 91.2 Å². The van der Waals surface area contributed by atoms with Crippen molar-refractivity contribution in [2.45, 2.75) is 45.4 Å². The number of carbonyl (C=O) groups excluding carboxylic acids is 1. The van der Waals surface area contributed by atoms with E-state index in [2.05, 4.69) is 57.4 Å². The lowest BCUT2D eigenvalue weighted by Crippen LogP contribution is -2.36. The summed E-state index contributed by atoms with van der Waals surface area (Å²) < 4.78 is 4.86. The summed E-state index contributed by atoms with van der Waals surface area (Å²) in [5, 5.41) is 11.6. The average molecular weight is 466 g/mol.